The van der Waals surface area contributed by atoms with E-state index in [9.17, 15) is 8.42 Å². The lowest BCUT2D eigenvalue weighted by Gasteiger charge is -1.95. The lowest BCUT2D eigenvalue weighted by Crippen LogP contribution is -1.90. The van der Waals surface area contributed by atoms with Gasteiger partial charge in [-0.3, -0.25) is 0 Å². The van der Waals surface area contributed by atoms with Crippen molar-refractivity contribution >= 4 is 42.4 Å². The normalized spacial score (nSPS) is 12.1. The zero-order valence-electron chi connectivity index (χ0n) is 6.44. The summed E-state index contributed by atoms with van der Waals surface area (Å²) in [7, 11) is 1.32. The maximum Gasteiger partial charge on any atom is 0.261 e. The van der Waals surface area contributed by atoms with Crippen LogP contribution in [0.25, 0.3) is 11.0 Å². The van der Waals surface area contributed by atoms with E-state index in [1.165, 1.54) is 12.1 Å². The molecule has 0 spiro atoms. The molecule has 14 heavy (non-hydrogen) atoms. The molecular weight excluding hydrogens is 251 g/mol. The third kappa shape index (κ3) is 1.56. The first-order valence-electron chi connectivity index (χ1n) is 3.35. The van der Waals surface area contributed by atoms with Crippen molar-refractivity contribution in [3.8, 4) is 0 Å². The van der Waals surface area contributed by atoms with E-state index in [0.717, 1.165) is 0 Å². The van der Waals surface area contributed by atoms with Crippen LogP contribution in [0.2, 0.25) is 5.02 Å². The second kappa shape index (κ2) is 3.08. The molecule has 0 atom stereocenters. The van der Waals surface area contributed by atoms with Gasteiger partial charge in [-0.25, -0.2) is 13.0 Å². The Labute approximate surface area is 88.0 Å². The zero-order valence-corrected chi connectivity index (χ0v) is 8.77. The van der Waals surface area contributed by atoms with E-state index in [2.05, 4.69) is 14.9 Å². The average Bonchev–Trinajstić information content (AvgIpc) is 2.50. The van der Waals surface area contributed by atoms with Crippen LogP contribution >= 0.6 is 22.3 Å². The molecule has 1 heterocycles. The Morgan fingerprint density at radius 3 is 2.64 bits per heavy atom. The highest BCUT2D eigenvalue weighted by molar-refractivity contribution is 8.13. The predicted molar refractivity (Wildman–Crippen MR) is 49.9 cm³/mol. The fraction of sp³-hybridized carbons (Fsp3) is 0. The minimum absolute atomic E-state index is 0.128. The van der Waals surface area contributed by atoms with Crippen molar-refractivity contribution < 1.29 is 13.0 Å². The molecule has 0 bridgehead atoms. The van der Waals surface area contributed by atoms with E-state index in [4.69, 9.17) is 22.3 Å². The van der Waals surface area contributed by atoms with E-state index < -0.39 is 9.05 Å². The van der Waals surface area contributed by atoms with Gasteiger partial charge in [0.2, 0.25) is 0 Å². The smallest absolute Gasteiger partial charge is 0.243 e. The predicted octanol–water partition coefficient (Wildman–Crippen LogP) is 1.80. The molecule has 2 aromatic rings. The van der Waals surface area contributed by atoms with Gasteiger partial charge in [0.15, 0.2) is 5.52 Å². The molecule has 0 aliphatic rings. The second-order valence-electron chi connectivity index (χ2n) is 2.47. The summed E-state index contributed by atoms with van der Waals surface area (Å²) in [4.78, 5) is -0.132. The van der Waals surface area contributed by atoms with Gasteiger partial charge in [0.05, 0.1) is 9.92 Å². The molecule has 0 aliphatic heterocycles. The monoisotopic (exact) mass is 252 g/mol. The molecule has 0 amide bonds. The van der Waals surface area contributed by atoms with Crippen LogP contribution in [0.15, 0.2) is 21.7 Å². The van der Waals surface area contributed by atoms with Crippen LogP contribution < -0.4 is 0 Å². The molecule has 8 heteroatoms. The zero-order chi connectivity index (χ0) is 10.3. The lowest BCUT2D eigenvalue weighted by molar-refractivity contribution is 0.315. The highest BCUT2D eigenvalue weighted by Crippen LogP contribution is 2.26. The Balaban J connectivity index is 2.83. The minimum Gasteiger partial charge on any atom is -0.243 e. The van der Waals surface area contributed by atoms with Crippen molar-refractivity contribution in [1.29, 1.82) is 0 Å². The van der Waals surface area contributed by atoms with Crippen LogP contribution in [0.4, 0.5) is 0 Å². The lowest BCUT2D eigenvalue weighted by atomic mass is 10.3. The number of aromatic nitrogens is 2. The SMILES string of the molecule is O=S(=O)(Cl)c1cc(Cl)c2nonc2c1. The standard InChI is InChI=1S/C6H2Cl2N2O3S/c7-4-1-3(14(8,11)12)2-5-6(4)10-13-9-5/h1-2H. The Hall–Kier alpha value is -0.850. The molecule has 0 aliphatic carbocycles. The Kier molecular flexibility index (Phi) is 2.13. The third-order valence-electron chi connectivity index (χ3n) is 1.57. The Morgan fingerprint density at radius 1 is 1.29 bits per heavy atom. The molecule has 0 N–H and O–H groups in total. The van der Waals surface area contributed by atoms with Crippen LogP contribution in [-0.2, 0) is 9.05 Å². The number of hydrogen-bond acceptors (Lipinski definition) is 5. The maximum atomic E-state index is 11.0. The molecule has 0 radical (unpaired) electrons. The molecule has 74 valence electrons. The minimum atomic E-state index is -3.82. The number of nitrogens with zero attached hydrogens (tertiary/aromatic N) is 2. The van der Waals surface area contributed by atoms with Crippen molar-refractivity contribution in [2.24, 2.45) is 0 Å². The molecule has 0 unspecified atom stereocenters. The van der Waals surface area contributed by atoms with Crippen LogP contribution in [0, 0.1) is 0 Å². The summed E-state index contributed by atoms with van der Waals surface area (Å²) in [5, 5.41) is 7.07. The summed E-state index contributed by atoms with van der Waals surface area (Å²) >= 11 is 5.72. The molecule has 5 nitrogen and oxygen atoms in total. The third-order valence-corrected chi connectivity index (χ3v) is 3.19. The van der Waals surface area contributed by atoms with Crippen LogP contribution in [0.5, 0.6) is 0 Å². The van der Waals surface area contributed by atoms with Gasteiger partial charge >= 0.3 is 0 Å². The van der Waals surface area contributed by atoms with E-state index in [0.29, 0.717) is 5.52 Å². The number of fused-ring (bicyclic) bond motifs is 1. The number of rotatable bonds is 1. The van der Waals surface area contributed by atoms with Gasteiger partial charge in [-0.2, -0.15) is 0 Å². The van der Waals surface area contributed by atoms with Crippen LogP contribution in [0.1, 0.15) is 0 Å². The summed E-state index contributed by atoms with van der Waals surface area (Å²) in [6.45, 7) is 0. The van der Waals surface area contributed by atoms with Crippen molar-refractivity contribution in [3.63, 3.8) is 0 Å². The summed E-state index contributed by atoms with van der Waals surface area (Å²) < 4.78 is 26.3. The quantitative estimate of drug-likeness (QED) is 0.724. The van der Waals surface area contributed by atoms with Gasteiger partial charge in [0.25, 0.3) is 9.05 Å². The van der Waals surface area contributed by atoms with Gasteiger partial charge in [-0.05, 0) is 22.4 Å². The van der Waals surface area contributed by atoms with Gasteiger partial charge in [-0.15, -0.1) is 0 Å². The molecule has 1 aromatic heterocycles. The van der Waals surface area contributed by atoms with Crippen molar-refractivity contribution in [1.82, 2.24) is 10.3 Å². The molecule has 1 aromatic carbocycles. The van der Waals surface area contributed by atoms with E-state index >= 15 is 0 Å². The molecule has 0 saturated heterocycles. The van der Waals surface area contributed by atoms with Crippen LogP contribution in [0.3, 0.4) is 0 Å². The number of benzene rings is 1. The first-order chi connectivity index (χ1) is 6.48. The molecule has 0 saturated carbocycles. The molecule has 2 rings (SSSR count). The van der Waals surface area contributed by atoms with Crippen molar-refractivity contribution in [2.75, 3.05) is 0 Å². The highest BCUT2D eigenvalue weighted by Gasteiger charge is 2.15. The molecular formula is C6H2Cl2N2O3S. The van der Waals surface area contributed by atoms with Gasteiger partial charge in [0, 0.05) is 10.7 Å². The maximum absolute atomic E-state index is 11.0. The summed E-state index contributed by atoms with van der Waals surface area (Å²) in [6.07, 6.45) is 0. The van der Waals surface area contributed by atoms with Gasteiger partial charge < -0.3 is 0 Å². The highest BCUT2D eigenvalue weighted by atomic mass is 35.7. The summed E-state index contributed by atoms with van der Waals surface area (Å²) in [5.74, 6) is 0. The van der Waals surface area contributed by atoms with E-state index in [-0.39, 0.29) is 15.4 Å². The molecule has 0 fully saturated rings. The first-order valence-corrected chi connectivity index (χ1v) is 6.04. The second-order valence-corrected chi connectivity index (χ2v) is 5.45. The first kappa shape index (κ1) is 9.70. The average molecular weight is 253 g/mol. The number of halogens is 2. The van der Waals surface area contributed by atoms with Crippen molar-refractivity contribution in [2.45, 2.75) is 4.90 Å². The summed E-state index contributed by atoms with van der Waals surface area (Å²) in [6, 6.07) is 2.43. The Bertz CT molecular complexity index is 592. The largest absolute Gasteiger partial charge is 0.261 e. The van der Waals surface area contributed by atoms with Gasteiger partial charge in [0.1, 0.15) is 5.52 Å². The van der Waals surface area contributed by atoms with Gasteiger partial charge in [-0.1, -0.05) is 11.6 Å². The Morgan fingerprint density at radius 2 is 2.00 bits per heavy atom. The number of hydrogen-bond donors (Lipinski definition) is 0. The fourth-order valence-corrected chi connectivity index (χ4v) is 2.06. The van der Waals surface area contributed by atoms with Crippen LogP contribution in [-0.4, -0.2) is 18.7 Å². The van der Waals surface area contributed by atoms with Crippen molar-refractivity contribution in [3.05, 3.63) is 17.2 Å². The fourth-order valence-electron chi connectivity index (χ4n) is 0.966. The van der Waals surface area contributed by atoms with E-state index in [1.54, 1.807) is 0 Å². The summed E-state index contributed by atoms with van der Waals surface area (Å²) in [5.41, 5.74) is 0.549. The topological polar surface area (TPSA) is 73.1 Å². The van der Waals surface area contributed by atoms with E-state index in [1.807, 2.05) is 0 Å².